The van der Waals surface area contributed by atoms with Crippen LogP contribution >= 0.6 is 0 Å². The van der Waals surface area contributed by atoms with Crippen LogP contribution in [0.2, 0.25) is 0 Å². The first-order valence-electron chi connectivity index (χ1n) is 6.02. The van der Waals surface area contributed by atoms with Gasteiger partial charge in [0.15, 0.2) is 0 Å². The second kappa shape index (κ2) is 7.50. The molecular formula is C13H19N3O3. The number of hydrogen-bond donors (Lipinski definition) is 4. The highest BCUT2D eigenvalue weighted by Crippen LogP contribution is 2.03. The van der Waals surface area contributed by atoms with Crippen molar-refractivity contribution in [3.8, 4) is 0 Å². The van der Waals surface area contributed by atoms with Crippen LogP contribution < -0.4 is 16.8 Å². The molecule has 1 rings (SSSR count). The summed E-state index contributed by atoms with van der Waals surface area (Å²) in [5.74, 6) is -1.12. The number of aliphatic hydroxyl groups excluding tert-OH is 1. The minimum atomic E-state index is -0.984. The van der Waals surface area contributed by atoms with Crippen LogP contribution in [0, 0.1) is 0 Å². The van der Waals surface area contributed by atoms with Gasteiger partial charge in [0.2, 0.25) is 11.8 Å². The number of amides is 2. The lowest BCUT2D eigenvalue weighted by molar-refractivity contribution is -0.127. The summed E-state index contributed by atoms with van der Waals surface area (Å²) in [5.41, 5.74) is 11.5. The molecular weight excluding hydrogens is 246 g/mol. The number of primary amides is 1. The maximum absolute atomic E-state index is 11.7. The average molecular weight is 265 g/mol. The van der Waals surface area contributed by atoms with E-state index in [1.807, 2.05) is 30.3 Å². The Labute approximate surface area is 111 Å². The molecule has 19 heavy (non-hydrogen) atoms. The molecule has 6 N–H and O–H groups in total. The van der Waals surface area contributed by atoms with E-state index in [0.717, 1.165) is 5.56 Å². The predicted molar refractivity (Wildman–Crippen MR) is 70.9 cm³/mol. The highest BCUT2D eigenvalue weighted by molar-refractivity contribution is 5.87. The number of nitrogens with two attached hydrogens (primary N) is 2. The maximum atomic E-state index is 11.7. The van der Waals surface area contributed by atoms with Crippen molar-refractivity contribution in [1.82, 2.24) is 5.32 Å². The van der Waals surface area contributed by atoms with E-state index in [0.29, 0.717) is 6.42 Å². The van der Waals surface area contributed by atoms with Gasteiger partial charge in [0.05, 0.1) is 25.1 Å². The number of nitrogens with one attached hydrogen (secondary N) is 1. The van der Waals surface area contributed by atoms with E-state index in [2.05, 4.69) is 5.32 Å². The Morgan fingerprint density at radius 2 is 1.89 bits per heavy atom. The lowest BCUT2D eigenvalue weighted by atomic mass is 10.1. The molecule has 6 heteroatoms. The first kappa shape index (κ1) is 15.1. The molecule has 0 saturated heterocycles. The van der Waals surface area contributed by atoms with Gasteiger partial charge >= 0.3 is 0 Å². The lowest BCUT2D eigenvalue weighted by Gasteiger charge is -2.18. The molecule has 0 heterocycles. The summed E-state index contributed by atoms with van der Waals surface area (Å²) in [6.45, 7) is -0.204. The third kappa shape index (κ3) is 5.50. The molecule has 2 atom stereocenters. The quantitative estimate of drug-likeness (QED) is 0.501. The molecule has 1 aromatic rings. The van der Waals surface area contributed by atoms with Gasteiger partial charge in [0, 0.05) is 0 Å². The first-order chi connectivity index (χ1) is 9.02. The van der Waals surface area contributed by atoms with E-state index in [-0.39, 0.29) is 13.0 Å². The number of rotatable bonds is 7. The van der Waals surface area contributed by atoms with E-state index in [4.69, 9.17) is 11.5 Å². The topological polar surface area (TPSA) is 118 Å². The second-order valence-corrected chi connectivity index (χ2v) is 4.35. The van der Waals surface area contributed by atoms with Gasteiger partial charge in [-0.25, -0.2) is 0 Å². The largest absolute Gasteiger partial charge is 0.394 e. The third-order valence-corrected chi connectivity index (χ3v) is 2.65. The molecule has 0 spiro atoms. The number of carbonyl (C=O) groups is 2. The predicted octanol–water partition coefficient (Wildman–Crippen LogP) is -1.09. The SMILES string of the molecule is NC(=O)C[C@@H](N)C(=O)N[C@H](CO)Cc1ccccc1. The van der Waals surface area contributed by atoms with Gasteiger partial charge in [-0.2, -0.15) is 0 Å². The normalized spacial score (nSPS) is 13.6. The van der Waals surface area contributed by atoms with Crippen molar-refractivity contribution in [2.45, 2.75) is 24.9 Å². The average Bonchev–Trinajstić information content (AvgIpc) is 2.38. The minimum Gasteiger partial charge on any atom is -0.394 e. The Hall–Kier alpha value is -1.92. The van der Waals surface area contributed by atoms with Gasteiger partial charge in [0.25, 0.3) is 0 Å². The maximum Gasteiger partial charge on any atom is 0.237 e. The van der Waals surface area contributed by atoms with E-state index in [1.54, 1.807) is 0 Å². The highest BCUT2D eigenvalue weighted by atomic mass is 16.3. The van der Waals surface area contributed by atoms with E-state index >= 15 is 0 Å². The molecule has 0 bridgehead atoms. The van der Waals surface area contributed by atoms with Crippen LogP contribution in [-0.2, 0) is 16.0 Å². The van der Waals surface area contributed by atoms with Crippen LogP contribution in [0.4, 0.5) is 0 Å². The summed E-state index contributed by atoms with van der Waals surface area (Å²) in [6, 6.07) is 8.03. The first-order valence-corrected chi connectivity index (χ1v) is 6.02. The summed E-state index contributed by atoms with van der Waals surface area (Å²) >= 11 is 0. The van der Waals surface area contributed by atoms with Crippen LogP contribution in [0.5, 0.6) is 0 Å². The van der Waals surface area contributed by atoms with Crippen LogP contribution in [0.15, 0.2) is 30.3 Å². The van der Waals surface area contributed by atoms with Crippen molar-refractivity contribution in [1.29, 1.82) is 0 Å². The summed E-state index contributed by atoms with van der Waals surface area (Å²) in [5, 5.41) is 11.9. The van der Waals surface area contributed by atoms with Crippen molar-refractivity contribution < 1.29 is 14.7 Å². The fourth-order valence-electron chi connectivity index (χ4n) is 1.68. The van der Waals surface area contributed by atoms with E-state index < -0.39 is 23.9 Å². The van der Waals surface area contributed by atoms with Crippen molar-refractivity contribution >= 4 is 11.8 Å². The van der Waals surface area contributed by atoms with E-state index in [1.165, 1.54) is 0 Å². The number of hydrogen-bond acceptors (Lipinski definition) is 4. The van der Waals surface area contributed by atoms with Gasteiger partial charge in [-0.05, 0) is 12.0 Å². The van der Waals surface area contributed by atoms with Crippen LogP contribution in [-0.4, -0.2) is 35.6 Å². The Balaban J connectivity index is 2.52. The van der Waals surface area contributed by atoms with Crippen molar-refractivity contribution in [3.63, 3.8) is 0 Å². The number of benzene rings is 1. The van der Waals surface area contributed by atoms with Gasteiger partial charge in [-0.3, -0.25) is 9.59 Å². The van der Waals surface area contributed by atoms with Gasteiger partial charge < -0.3 is 21.9 Å². The third-order valence-electron chi connectivity index (χ3n) is 2.65. The molecule has 104 valence electrons. The van der Waals surface area contributed by atoms with E-state index in [9.17, 15) is 14.7 Å². The Morgan fingerprint density at radius 3 is 2.42 bits per heavy atom. The molecule has 6 nitrogen and oxygen atoms in total. The smallest absolute Gasteiger partial charge is 0.237 e. The molecule has 1 aromatic carbocycles. The molecule has 0 aromatic heterocycles. The number of aliphatic hydroxyl groups is 1. The van der Waals surface area contributed by atoms with Crippen molar-refractivity contribution in [3.05, 3.63) is 35.9 Å². The molecule has 0 aliphatic heterocycles. The molecule has 0 aliphatic rings. The zero-order valence-electron chi connectivity index (χ0n) is 10.6. The molecule has 2 amide bonds. The monoisotopic (exact) mass is 265 g/mol. The highest BCUT2D eigenvalue weighted by Gasteiger charge is 2.19. The molecule has 0 saturated carbocycles. The van der Waals surface area contributed by atoms with Crippen molar-refractivity contribution in [2.24, 2.45) is 11.5 Å². The van der Waals surface area contributed by atoms with Crippen LogP contribution in [0.3, 0.4) is 0 Å². The standard InChI is InChI=1S/C13H19N3O3/c14-11(7-12(15)18)13(19)16-10(8-17)6-9-4-2-1-3-5-9/h1-5,10-11,17H,6-8,14H2,(H2,15,18)(H,16,19)/t10-,11+/m0/s1. The summed E-state index contributed by atoms with van der Waals surface area (Å²) in [4.78, 5) is 22.4. The lowest BCUT2D eigenvalue weighted by Crippen LogP contribution is -2.48. The Morgan fingerprint density at radius 1 is 1.26 bits per heavy atom. The summed E-state index contributed by atoms with van der Waals surface area (Å²) in [7, 11) is 0. The van der Waals surface area contributed by atoms with Crippen molar-refractivity contribution in [2.75, 3.05) is 6.61 Å². The molecule has 0 radical (unpaired) electrons. The Kier molecular flexibility index (Phi) is 5.98. The zero-order valence-corrected chi connectivity index (χ0v) is 10.6. The van der Waals surface area contributed by atoms with Gasteiger partial charge in [0.1, 0.15) is 0 Å². The molecule has 0 unspecified atom stereocenters. The number of carbonyl (C=O) groups excluding carboxylic acids is 2. The fourth-order valence-corrected chi connectivity index (χ4v) is 1.68. The van der Waals surface area contributed by atoms with Crippen LogP contribution in [0.1, 0.15) is 12.0 Å². The van der Waals surface area contributed by atoms with Gasteiger partial charge in [-0.1, -0.05) is 30.3 Å². The Bertz CT molecular complexity index is 422. The fraction of sp³-hybridized carbons (Fsp3) is 0.385. The second-order valence-electron chi connectivity index (χ2n) is 4.35. The summed E-state index contributed by atoms with van der Waals surface area (Å²) in [6.07, 6.45) is 0.279. The zero-order chi connectivity index (χ0) is 14.3. The minimum absolute atomic E-state index is 0.204. The van der Waals surface area contributed by atoms with Crippen LogP contribution in [0.25, 0.3) is 0 Å². The summed E-state index contributed by atoms with van der Waals surface area (Å²) < 4.78 is 0. The molecule has 0 fully saturated rings. The molecule has 0 aliphatic carbocycles. The van der Waals surface area contributed by atoms with Gasteiger partial charge in [-0.15, -0.1) is 0 Å².